The summed E-state index contributed by atoms with van der Waals surface area (Å²) in [5.74, 6) is -4.70. The average Bonchev–Trinajstić information content (AvgIpc) is 3.40. The summed E-state index contributed by atoms with van der Waals surface area (Å²) in [6.45, 7) is 1.72. The number of primary amides is 1. The fourth-order valence-electron chi connectivity index (χ4n) is 5.57. The number of rotatable bonds is 5. The first-order valence-corrected chi connectivity index (χ1v) is 11.7. The van der Waals surface area contributed by atoms with Gasteiger partial charge in [0.1, 0.15) is 10.6 Å². The molecule has 0 bridgehead atoms. The minimum Gasteiger partial charge on any atom is -0.370 e. The summed E-state index contributed by atoms with van der Waals surface area (Å²) in [6.07, 6.45) is 0.0139. The highest BCUT2D eigenvalue weighted by molar-refractivity contribution is 6.33. The van der Waals surface area contributed by atoms with E-state index in [2.05, 4.69) is 10.6 Å². The number of nitrogens with zero attached hydrogens (tertiary/aromatic N) is 2. The summed E-state index contributed by atoms with van der Waals surface area (Å²) >= 11 is 12.2. The van der Waals surface area contributed by atoms with Crippen LogP contribution in [-0.2, 0) is 24.7 Å². The van der Waals surface area contributed by atoms with Gasteiger partial charge in [-0.1, -0.05) is 29.3 Å². The average molecular weight is 532 g/mol. The van der Waals surface area contributed by atoms with E-state index in [1.54, 1.807) is 19.1 Å². The normalized spacial score (nSPS) is 26.4. The van der Waals surface area contributed by atoms with Gasteiger partial charge in [0.05, 0.1) is 28.1 Å². The largest absolute Gasteiger partial charge is 0.370 e. The number of benzene rings is 2. The van der Waals surface area contributed by atoms with Crippen molar-refractivity contribution in [2.75, 3.05) is 10.2 Å². The van der Waals surface area contributed by atoms with Crippen LogP contribution in [0.15, 0.2) is 30.3 Å². The number of hydrogen-bond acceptors (Lipinski definition) is 7. The van der Waals surface area contributed by atoms with Gasteiger partial charge in [-0.2, -0.15) is 0 Å². The van der Waals surface area contributed by atoms with E-state index in [4.69, 9.17) is 28.9 Å². The van der Waals surface area contributed by atoms with E-state index in [1.165, 1.54) is 12.1 Å². The minimum absolute atomic E-state index is 0.0368. The molecule has 186 valence electrons. The number of imide groups is 1. The van der Waals surface area contributed by atoms with Gasteiger partial charge in [-0.05, 0) is 37.1 Å². The maximum Gasteiger partial charge on any atom is 0.289 e. The van der Waals surface area contributed by atoms with E-state index < -0.39 is 57.7 Å². The van der Waals surface area contributed by atoms with Crippen LogP contribution in [0.1, 0.15) is 24.0 Å². The van der Waals surface area contributed by atoms with Crippen LogP contribution in [0.4, 0.5) is 17.1 Å². The van der Waals surface area contributed by atoms with Gasteiger partial charge in [0, 0.05) is 29.1 Å². The van der Waals surface area contributed by atoms with Gasteiger partial charge in [0.15, 0.2) is 0 Å². The molecule has 2 saturated heterocycles. The van der Waals surface area contributed by atoms with Gasteiger partial charge in [0.2, 0.25) is 23.6 Å². The lowest BCUT2D eigenvalue weighted by Crippen LogP contribution is -2.53. The number of halogens is 2. The van der Waals surface area contributed by atoms with Crippen molar-refractivity contribution < 1.29 is 24.1 Å². The van der Waals surface area contributed by atoms with Crippen LogP contribution in [0.25, 0.3) is 0 Å². The van der Waals surface area contributed by atoms with Crippen LogP contribution in [-0.4, -0.2) is 34.6 Å². The molecule has 2 fully saturated rings. The Bertz CT molecular complexity index is 1400. The summed E-state index contributed by atoms with van der Waals surface area (Å²) in [5, 5.41) is 17.6. The number of carbonyl (C=O) groups excluding carboxylic acids is 4. The quantitative estimate of drug-likeness (QED) is 0.302. The summed E-state index contributed by atoms with van der Waals surface area (Å²) in [4.78, 5) is 64.2. The van der Waals surface area contributed by atoms with Crippen LogP contribution in [0, 0.1) is 28.9 Å². The molecule has 4 atom stereocenters. The zero-order valence-corrected chi connectivity index (χ0v) is 20.2. The molecular weight excluding hydrogens is 513 g/mol. The Balaban J connectivity index is 1.67. The number of nitrogens with one attached hydrogen (secondary N) is 2. The van der Waals surface area contributed by atoms with Crippen LogP contribution >= 0.6 is 23.2 Å². The SMILES string of the molecule is Cc1c(Cl)ccc2c1NC(=O)[C@]21N[C@@H](CCC(N)=O)[C@H]2C(=O)N(c3ccc(Cl)c([N+](=O)[O-])c3)C(=O)[C@@H]21. The number of amides is 4. The van der Waals surface area contributed by atoms with E-state index in [9.17, 15) is 29.3 Å². The summed E-state index contributed by atoms with van der Waals surface area (Å²) in [6, 6.07) is 6.08. The maximum atomic E-state index is 13.9. The first-order chi connectivity index (χ1) is 17.0. The van der Waals surface area contributed by atoms with Gasteiger partial charge in [-0.15, -0.1) is 0 Å². The zero-order valence-electron chi connectivity index (χ0n) is 18.7. The topological polar surface area (TPSA) is 165 Å². The van der Waals surface area contributed by atoms with Crippen molar-refractivity contribution in [3.05, 3.63) is 61.6 Å². The van der Waals surface area contributed by atoms with Gasteiger partial charge < -0.3 is 11.1 Å². The predicted molar refractivity (Wildman–Crippen MR) is 129 cm³/mol. The molecule has 36 heavy (non-hydrogen) atoms. The highest BCUT2D eigenvalue weighted by Gasteiger charge is 2.70. The Labute approximate surface area is 214 Å². The van der Waals surface area contributed by atoms with Crippen molar-refractivity contribution in [2.45, 2.75) is 31.3 Å². The zero-order chi connectivity index (χ0) is 26.1. The van der Waals surface area contributed by atoms with E-state index in [0.717, 1.165) is 11.0 Å². The maximum absolute atomic E-state index is 13.9. The highest BCUT2D eigenvalue weighted by Crippen LogP contribution is 2.55. The second-order valence-corrected chi connectivity index (χ2v) is 9.84. The third kappa shape index (κ3) is 3.23. The molecule has 4 N–H and O–H groups in total. The van der Waals surface area contributed by atoms with E-state index in [1.807, 2.05) is 0 Å². The van der Waals surface area contributed by atoms with Gasteiger partial charge >= 0.3 is 0 Å². The van der Waals surface area contributed by atoms with Gasteiger partial charge in [-0.3, -0.25) is 34.6 Å². The molecular formula is C23H19Cl2N5O6. The minimum atomic E-state index is -1.61. The van der Waals surface area contributed by atoms with Crippen molar-refractivity contribution in [1.29, 1.82) is 0 Å². The molecule has 0 aromatic heterocycles. The van der Waals surface area contributed by atoms with Crippen molar-refractivity contribution in [1.82, 2.24) is 5.32 Å². The Morgan fingerprint density at radius 3 is 2.53 bits per heavy atom. The van der Waals surface area contributed by atoms with Gasteiger partial charge in [0.25, 0.3) is 5.69 Å². The van der Waals surface area contributed by atoms with Crippen molar-refractivity contribution in [3.63, 3.8) is 0 Å². The molecule has 11 nitrogen and oxygen atoms in total. The molecule has 0 aliphatic carbocycles. The number of carbonyl (C=O) groups is 4. The third-order valence-corrected chi connectivity index (χ3v) is 7.90. The first kappa shape index (κ1) is 24.2. The Kier molecular flexibility index (Phi) is 5.54. The van der Waals surface area contributed by atoms with E-state index >= 15 is 0 Å². The smallest absolute Gasteiger partial charge is 0.289 e. The lowest BCUT2D eigenvalue weighted by molar-refractivity contribution is -0.384. The molecule has 4 amide bonds. The summed E-state index contributed by atoms with van der Waals surface area (Å²) < 4.78 is 0. The van der Waals surface area contributed by atoms with Crippen LogP contribution in [0.3, 0.4) is 0 Å². The summed E-state index contributed by atoms with van der Waals surface area (Å²) in [5.41, 5.74) is 4.70. The fourth-order valence-corrected chi connectivity index (χ4v) is 5.91. The molecule has 1 spiro atoms. The third-order valence-electron chi connectivity index (χ3n) is 7.17. The lowest BCUT2D eigenvalue weighted by Gasteiger charge is -2.29. The number of hydrogen-bond donors (Lipinski definition) is 3. The van der Waals surface area contributed by atoms with Gasteiger partial charge in [-0.25, -0.2) is 4.90 Å². The molecule has 0 saturated carbocycles. The first-order valence-electron chi connectivity index (χ1n) is 11.0. The molecule has 3 aliphatic heterocycles. The monoisotopic (exact) mass is 531 g/mol. The molecule has 5 rings (SSSR count). The second kappa shape index (κ2) is 8.26. The highest BCUT2D eigenvalue weighted by atomic mass is 35.5. The van der Waals surface area contributed by atoms with Crippen LogP contribution < -0.4 is 21.3 Å². The van der Waals surface area contributed by atoms with E-state index in [0.29, 0.717) is 21.8 Å². The molecule has 0 radical (unpaired) electrons. The summed E-state index contributed by atoms with van der Waals surface area (Å²) in [7, 11) is 0. The molecule has 3 heterocycles. The lowest BCUT2D eigenvalue weighted by atomic mass is 9.76. The second-order valence-electron chi connectivity index (χ2n) is 9.02. The Hall–Kier alpha value is -3.54. The molecule has 3 aliphatic rings. The predicted octanol–water partition coefficient (Wildman–Crippen LogP) is 2.40. The Morgan fingerprint density at radius 2 is 1.86 bits per heavy atom. The van der Waals surface area contributed by atoms with Crippen LogP contribution in [0.2, 0.25) is 10.0 Å². The molecule has 13 heteroatoms. The van der Waals surface area contributed by atoms with E-state index in [-0.39, 0.29) is 23.6 Å². The number of nitrogens with two attached hydrogens (primary N) is 1. The Morgan fingerprint density at radius 1 is 1.17 bits per heavy atom. The number of anilines is 2. The molecule has 0 unspecified atom stereocenters. The molecule has 2 aromatic rings. The standard InChI is InChI=1S/C23H19Cl2N5O6/c1-9-12(24)5-3-11-19(9)27-22(34)23(11)18-17(14(28-23)6-7-16(26)31)20(32)29(21(18)33)10-2-4-13(25)15(8-10)30(35)36/h2-5,8,14,17-18,28H,6-7H2,1H3,(H2,26,31)(H,27,34)/t14-,17+,18+,23-/m0/s1. The number of nitro groups is 1. The van der Waals surface area contributed by atoms with Crippen molar-refractivity contribution in [2.24, 2.45) is 17.6 Å². The van der Waals surface area contributed by atoms with Crippen molar-refractivity contribution >= 4 is 63.9 Å². The van der Waals surface area contributed by atoms with Crippen molar-refractivity contribution in [3.8, 4) is 0 Å². The fraction of sp³-hybridized carbons (Fsp3) is 0.304. The number of fused-ring (bicyclic) bond motifs is 4. The van der Waals surface area contributed by atoms with Crippen LogP contribution in [0.5, 0.6) is 0 Å². The number of nitro benzene ring substituents is 1. The molecule has 2 aromatic carbocycles.